The minimum absolute atomic E-state index is 0.229. The second-order valence-corrected chi connectivity index (χ2v) is 9.94. The van der Waals surface area contributed by atoms with Gasteiger partial charge in [-0.25, -0.2) is 0 Å². The first-order valence-electron chi connectivity index (χ1n) is 12.6. The Labute approximate surface area is 192 Å². The lowest BCUT2D eigenvalue weighted by molar-refractivity contribution is -0.111. The summed E-state index contributed by atoms with van der Waals surface area (Å²) in [6.07, 6.45) is 13.1. The van der Waals surface area contributed by atoms with Crippen LogP contribution in [0.25, 0.3) is 5.57 Å². The number of phenolic OH excluding ortho intramolecular Hbond substituents is 1. The first-order valence-corrected chi connectivity index (χ1v) is 12.6. The van der Waals surface area contributed by atoms with Crippen LogP contribution in [0.1, 0.15) is 74.5 Å². The number of phenols is 1. The van der Waals surface area contributed by atoms with Gasteiger partial charge in [-0.2, -0.15) is 0 Å². The third-order valence-corrected chi connectivity index (χ3v) is 7.92. The van der Waals surface area contributed by atoms with Crippen LogP contribution in [-0.2, 0) is 11.2 Å². The van der Waals surface area contributed by atoms with Crippen LogP contribution in [0, 0.1) is 11.8 Å². The van der Waals surface area contributed by atoms with Crippen LogP contribution in [0.4, 0.5) is 5.69 Å². The highest BCUT2D eigenvalue weighted by Crippen LogP contribution is 2.43. The summed E-state index contributed by atoms with van der Waals surface area (Å²) in [5.74, 6) is 1.30. The number of benzene rings is 2. The minimum Gasteiger partial charge on any atom is -0.508 e. The number of aldehydes is 1. The molecule has 32 heavy (non-hydrogen) atoms. The van der Waals surface area contributed by atoms with E-state index in [0.29, 0.717) is 11.7 Å². The molecule has 0 amide bonds. The molecule has 1 aliphatic heterocycles. The third-order valence-electron chi connectivity index (χ3n) is 7.92. The summed E-state index contributed by atoms with van der Waals surface area (Å²) < 4.78 is 0. The average Bonchev–Trinajstić information content (AvgIpc) is 3.04. The van der Waals surface area contributed by atoms with E-state index in [1.165, 1.54) is 60.1 Å². The molecular formula is C29H35NO2. The number of nitrogens with zero attached hydrogens (tertiary/aromatic N) is 1. The molecule has 3 heteroatoms. The summed E-state index contributed by atoms with van der Waals surface area (Å²) in [5, 5.41) is 10.1. The molecular weight excluding hydrogens is 394 g/mol. The van der Waals surface area contributed by atoms with Crippen molar-refractivity contribution in [3.8, 4) is 5.75 Å². The highest BCUT2D eigenvalue weighted by molar-refractivity contribution is 5.85. The van der Waals surface area contributed by atoms with Crippen LogP contribution >= 0.6 is 0 Å². The lowest BCUT2D eigenvalue weighted by atomic mass is 9.78. The number of rotatable bonds is 4. The van der Waals surface area contributed by atoms with E-state index in [2.05, 4.69) is 35.2 Å². The Morgan fingerprint density at radius 2 is 1.59 bits per heavy atom. The molecule has 1 N–H and O–H groups in total. The van der Waals surface area contributed by atoms with Gasteiger partial charge in [0.1, 0.15) is 12.0 Å². The first-order chi connectivity index (χ1) is 15.7. The van der Waals surface area contributed by atoms with E-state index in [9.17, 15) is 9.90 Å². The Bertz CT molecular complexity index is 977. The van der Waals surface area contributed by atoms with Gasteiger partial charge in [-0.05, 0) is 97.4 Å². The Kier molecular flexibility index (Phi) is 6.34. The number of fused-ring (bicyclic) bond motifs is 1. The van der Waals surface area contributed by atoms with Crippen LogP contribution in [-0.4, -0.2) is 24.5 Å². The maximum absolute atomic E-state index is 11.1. The van der Waals surface area contributed by atoms with Crippen molar-refractivity contribution in [2.45, 2.75) is 64.2 Å². The second kappa shape index (κ2) is 9.52. The predicted molar refractivity (Wildman–Crippen MR) is 131 cm³/mol. The van der Waals surface area contributed by atoms with Crippen molar-refractivity contribution in [1.29, 1.82) is 0 Å². The number of hydrogen-bond acceptors (Lipinski definition) is 3. The van der Waals surface area contributed by atoms with Crippen LogP contribution in [0.2, 0.25) is 0 Å². The van der Waals surface area contributed by atoms with Crippen molar-refractivity contribution in [1.82, 2.24) is 0 Å². The van der Waals surface area contributed by atoms with Gasteiger partial charge in [0, 0.05) is 24.7 Å². The van der Waals surface area contributed by atoms with Crippen molar-refractivity contribution in [2.75, 3.05) is 18.0 Å². The molecule has 2 fully saturated rings. The molecule has 0 atom stereocenters. The zero-order chi connectivity index (χ0) is 21.9. The van der Waals surface area contributed by atoms with Gasteiger partial charge in [0.2, 0.25) is 0 Å². The fraction of sp³-hybridized carbons (Fsp3) is 0.483. The van der Waals surface area contributed by atoms with Gasteiger partial charge in [-0.3, -0.25) is 0 Å². The van der Waals surface area contributed by atoms with Crippen LogP contribution in [0.3, 0.4) is 0 Å². The van der Waals surface area contributed by atoms with Gasteiger partial charge in [0.25, 0.3) is 0 Å². The van der Waals surface area contributed by atoms with Crippen molar-refractivity contribution in [3.05, 3.63) is 64.7 Å². The van der Waals surface area contributed by atoms with Crippen molar-refractivity contribution >= 4 is 17.5 Å². The molecule has 2 aromatic carbocycles. The fourth-order valence-corrected chi connectivity index (χ4v) is 6.13. The zero-order valence-electron chi connectivity index (χ0n) is 19.1. The van der Waals surface area contributed by atoms with E-state index in [0.717, 1.165) is 51.5 Å². The van der Waals surface area contributed by atoms with Crippen molar-refractivity contribution in [2.24, 2.45) is 11.8 Å². The van der Waals surface area contributed by atoms with Crippen LogP contribution < -0.4 is 4.90 Å². The molecule has 2 aromatic rings. The quantitative estimate of drug-likeness (QED) is 0.562. The summed E-state index contributed by atoms with van der Waals surface area (Å²) >= 11 is 0. The van der Waals surface area contributed by atoms with E-state index < -0.39 is 0 Å². The van der Waals surface area contributed by atoms with E-state index in [1.807, 2.05) is 12.1 Å². The summed E-state index contributed by atoms with van der Waals surface area (Å²) in [4.78, 5) is 13.5. The molecule has 168 valence electrons. The Morgan fingerprint density at radius 3 is 2.31 bits per heavy atom. The summed E-state index contributed by atoms with van der Waals surface area (Å²) in [6, 6.07) is 15.1. The number of hydrogen-bond donors (Lipinski definition) is 1. The Hall–Kier alpha value is -2.55. The number of carbonyl (C=O) groups excluding carboxylic acids is 1. The molecule has 3 nitrogen and oxygen atoms in total. The van der Waals surface area contributed by atoms with E-state index in [4.69, 9.17) is 0 Å². The van der Waals surface area contributed by atoms with Gasteiger partial charge in [-0.1, -0.05) is 43.0 Å². The smallest absolute Gasteiger partial charge is 0.123 e. The summed E-state index contributed by atoms with van der Waals surface area (Å²) in [7, 11) is 0. The number of aromatic hydroxyl groups is 1. The molecule has 2 aliphatic carbocycles. The zero-order valence-corrected chi connectivity index (χ0v) is 19.1. The largest absolute Gasteiger partial charge is 0.508 e. The lowest BCUT2D eigenvalue weighted by Gasteiger charge is -2.32. The molecule has 1 heterocycles. The highest BCUT2D eigenvalue weighted by Gasteiger charge is 2.26. The second-order valence-electron chi connectivity index (χ2n) is 9.94. The van der Waals surface area contributed by atoms with E-state index >= 15 is 0 Å². The van der Waals surface area contributed by atoms with Crippen LogP contribution in [0.5, 0.6) is 5.75 Å². The van der Waals surface area contributed by atoms with Gasteiger partial charge < -0.3 is 14.8 Å². The van der Waals surface area contributed by atoms with E-state index in [-0.39, 0.29) is 5.92 Å². The summed E-state index contributed by atoms with van der Waals surface area (Å²) in [6.45, 7) is 1.92. The minimum atomic E-state index is 0.229. The maximum Gasteiger partial charge on any atom is 0.123 e. The monoisotopic (exact) mass is 429 g/mol. The number of piperidine rings is 1. The number of carbonyl (C=O) groups is 1. The van der Waals surface area contributed by atoms with Crippen LogP contribution in [0.15, 0.2) is 48.0 Å². The molecule has 0 aromatic heterocycles. The number of aryl methyl sites for hydroxylation is 1. The Morgan fingerprint density at radius 1 is 0.844 bits per heavy atom. The fourth-order valence-electron chi connectivity index (χ4n) is 6.13. The van der Waals surface area contributed by atoms with Gasteiger partial charge in [0.15, 0.2) is 0 Å². The third kappa shape index (κ3) is 4.35. The SMILES string of the molecule is O=CC1CCN(c2ccc(C3=C(C4CCCCC4)CCCc4cc(O)ccc43)cc2)CC1. The molecule has 0 spiro atoms. The van der Waals surface area contributed by atoms with Crippen molar-refractivity contribution < 1.29 is 9.90 Å². The molecule has 0 radical (unpaired) electrons. The number of anilines is 1. The lowest BCUT2D eigenvalue weighted by Crippen LogP contribution is -2.34. The highest BCUT2D eigenvalue weighted by atomic mass is 16.3. The van der Waals surface area contributed by atoms with E-state index in [1.54, 1.807) is 5.57 Å². The predicted octanol–water partition coefficient (Wildman–Crippen LogP) is 6.53. The van der Waals surface area contributed by atoms with Crippen molar-refractivity contribution in [3.63, 3.8) is 0 Å². The topological polar surface area (TPSA) is 40.5 Å². The molecule has 3 aliphatic rings. The Balaban J connectivity index is 1.51. The molecule has 1 saturated heterocycles. The van der Waals surface area contributed by atoms with Gasteiger partial charge in [-0.15, -0.1) is 0 Å². The van der Waals surface area contributed by atoms with Gasteiger partial charge >= 0.3 is 0 Å². The average molecular weight is 430 g/mol. The summed E-state index contributed by atoms with van der Waals surface area (Å²) in [5.41, 5.74) is 8.25. The first kappa shape index (κ1) is 21.3. The van der Waals surface area contributed by atoms with Gasteiger partial charge in [0.05, 0.1) is 0 Å². The molecule has 0 bridgehead atoms. The number of allylic oxidation sites excluding steroid dienone is 1. The maximum atomic E-state index is 11.1. The molecule has 0 unspecified atom stereocenters. The molecule has 5 rings (SSSR count). The molecule has 1 saturated carbocycles. The standard InChI is InChI=1S/C29H35NO2/c31-20-21-15-17-30(18-16-21)25-11-9-23(10-12-25)29-27(22-5-2-1-3-6-22)8-4-7-24-19-26(32)13-14-28(24)29/h9-14,19-22,32H,1-8,15-18H2. The normalized spacial score (nSPS) is 20.7.